The van der Waals surface area contributed by atoms with Crippen molar-refractivity contribution < 1.29 is 0 Å². The van der Waals surface area contributed by atoms with Crippen LogP contribution in [-0.4, -0.2) is 11.5 Å². The second-order valence-electron chi connectivity index (χ2n) is 5.95. The van der Waals surface area contributed by atoms with Crippen LogP contribution in [0, 0.1) is 12.3 Å². The Morgan fingerprint density at radius 1 is 1.27 bits per heavy atom. The van der Waals surface area contributed by atoms with Gasteiger partial charge in [0.05, 0.1) is 5.02 Å². The monoisotopic (exact) mass is 306 g/mol. The maximum absolute atomic E-state index is 6.79. The molecule has 1 aliphatic carbocycles. The van der Waals surface area contributed by atoms with Crippen molar-refractivity contribution >= 4 is 17.4 Å². The topological polar surface area (TPSA) is 24.9 Å². The lowest BCUT2D eigenvalue weighted by atomic mass is 9.80. The number of anilines is 1. The van der Waals surface area contributed by atoms with Gasteiger partial charge < -0.3 is 5.32 Å². The predicted octanol–water partition coefficient (Wildman–Crippen LogP) is 4.40. The summed E-state index contributed by atoms with van der Waals surface area (Å²) in [5.41, 5.74) is 4.04. The summed E-state index contributed by atoms with van der Waals surface area (Å²) in [7, 11) is 0. The Morgan fingerprint density at radius 3 is 2.86 bits per heavy atom. The lowest BCUT2D eigenvalue weighted by Gasteiger charge is -2.24. The van der Waals surface area contributed by atoms with E-state index in [2.05, 4.69) is 28.4 Å². The Labute approximate surface area is 135 Å². The first kappa shape index (κ1) is 13.4. The number of fused-ring (bicyclic) bond motifs is 2. The van der Waals surface area contributed by atoms with Crippen LogP contribution in [0.2, 0.25) is 5.02 Å². The van der Waals surface area contributed by atoms with Gasteiger partial charge in [-0.3, -0.25) is 0 Å². The van der Waals surface area contributed by atoms with Gasteiger partial charge in [-0.05, 0) is 30.5 Å². The van der Waals surface area contributed by atoms with Gasteiger partial charge in [-0.1, -0.05) is 41.8 Å². The number of rotatable bonds is 1. The predicted molar refractivity (Wildman–Crippen MR) is 91.2 cm³/mol. The van der Waals surface area contributed by atoms with Gasteiger partial charge in [-0.15, -0.1) is 6.42 Å². The summed E-state index contributed by atoms with van der Waals surface area (Å²) in [5.74, 6) is 3.59. The van der Waals surface area contributed by atoms with Gasteiger partial charge in [0, 0.05) is 34.8 Å². The molecule has 2 heterocycles. The van der Waals surface area contributed by atoms with E-state index in [1.54, 1.807) is 0 Å². The van der Waals surface area contributed by atoms with E-state index in [4.69, 9.17) is 18.0 Å². The molecular formula is C19H15ClN2. The molecule has 0 saturated heterocycles. The van der Waals surface area contributed by atoms with Crippen molar-refractivity contribution in [3.05, 3.63) is 58.8 Å². The largest absolute Gasteiger partial charge is 0.369 e. The molecule has 0 unspecified atom stereocenters. The van der Waals surface area contributed by atoms with Crippen molar-refractivity contribution in [3.63, 3.8) is 0 Å². The molecule has 0 saturated carbocycles. The molecule has 1 aromatic heterocycles. The van der Waals surface area contributed by atoms with E-state index in [0.29, 0.717) is 0 Å². The van der Waals surface area contributed by atoms with Crippen LogP contribution in [0.25, 0.3) is 11.1 Å². The van der Waals surface area contributed by atoms with Crippen molar-refractivity contribution in [3.8, 4) is 23.5 Å². The lowest BCUT2D eigenvalue weighted by molar-refractivity contribution is 0.509. The van der Waals surface area contributed by atoms with Gasteiger partial charge in [-0.25, -0.2) is 4.98 Å². The molecule has 2 aliphatic rings. The van der Waals surface area contributed by atoms with Gasteiger partial charge in [0.15, 0.2) is 0 Å². The van der Waals surface area contributed by atoms with Gasteiger partial charge >= 0.3 is 0 Å². The summed E-state index contributed by atoms with van der Waals surface area (Å²) in [6.07, 6.45) is 13.8. The van der Waals surface area contributed by atoms with Crippen LogP contribution in [0.15, 0.2) is 42.6 Å². The number of benzene rings is 1. The minimum Gasteiger partial charge on any atom is -0.369 e. The molecule has 0 amide bonds. The van der Waals surface area contributed by atoms with E-state index < -0.39 is 0 Å². The number of hydrogen-bond acceptors (Lipinski definition) is 2. The first-order valence-electron chi connectivity index (χ1n) is 7.38. The third-order valence-corrected chi connectivity index (χ3v) is 5.06. The van der Waals surface area contributed by atoms with E-state index in [1.165, 1.54) is 0 Å². The Kier molecular flexibility index (Phi) is 2.99. The smallest absolute Gasteiger partial charge is 0.131 e. The molecule has 1 aromatic carbocycles. The van der Waals surface area contributed by atoms with Crippen molar-refractivity contribution in [1.29, 1.82) is 0 Å². The molecule has 0 radical (unpaired) electrons. The number of allylic oxidation sites excluding steroid dienone is 2. The second-order valence-corrected chi connectivity index (χ2v) is 6.33. The zero-order valence-corrected chi connectivity index (χ0v) is 12.8. The van der Waals surface area contributed by atoms with Gasteiger partial charge in [-0.2, -0.15) is 0 Å². The summed E-state index contributed by atoms with van der Waals surface area (Å²) in [4.78, 5) is 4.60. The summed E-state index contributed by atoms with van der Waals surface area (Å²) in [6, 6.07) is 7.89. The van der Waals surface area contributed by atoms with Crippen molar-refractivity contribution in [2.45, 2.75) is 18.3 Å². The van der Waals surface area contributed by atoms with E-state index in [9.17, 15) is 0 Å². The van der Waals surface area contributed by atoms with Crippen LogP contribution in [0.3, 0.4) is 0 Å². The maximum atomic E-state index is 6.79. The molecule has 2 nitrogen and oxygen atoms in total. The van der Waals surface area contributed by atoms with Crippen molar-refractivity contribution in [2.24, 2.45) is 0 Å². The van der Waals surface area contributed by atoms with E-state index in [0.717, 1.165) is 52.5 Å². The number of terminal acetylenes is 1. The van der Waals surface area contributed by atoms with Crippen LogP contribution >= 0.6 is 11.6 Å². The zero-order valence-electron chi connectivity index (χ0n) is 12.1. The number of nitrogens with zero attached hydrogens (tertiary/aromatic N) is 1. The molecule has 1 aliphatic heterocycles. The Hall–Kier alpha value is -2.24. The molecule has 0 bridgehead atoms. The van der Waals surface area contributed by atoms with Crippen LogP contribution < -0.4 is 5.32 Å². The number of pyridine rings is 1. The highest BCUT2D eigenvalue weighted by molar-refractivity contribution is 6.34. The van der Waals surface area contributed by atoms with Crippen LogP contribution in [0.1, 0.15) is 24.0 Å². The highest BCUT2D eigenvalue weighted by atomic mass is 35.5. The number of aromatic nitrogens is 1. The minimum atomic E-state index is 0.0686. The molecule has 22 heavy (non-hydrogen) atoms. The van der Waals surface area contributed by atoms with Crippen molar-refractivity contribution in [1.82, 2.24) is 4.98 Å². The first-order chi connectivity index (χ1) is 10.7. The third kappa shape index (κ3) is 1.86. The Balaban J connectivity index is 1.88. The SMILES string of the molecule is C#Cc1cccc(-c2cnc3c(c2Cl)C2(CC=CC2)CN3)c1. The molecule has 0 fully saturated rings. The van der Waals surface area contributed by atoms with E-state index in [-0.39, 0.29) is 5.41 Å². The molecule has 4 rings (SSSR count). The number of nitrogens with one attached hydrogen (secondary N) is 1. The van der Waals surface area contributed by atoms with Gasteiger partial charge in [0.25, 0.3) is 0 Å². The van der Waals surface area contributed by atoms with Crippen LogP contribution in [-0.2, 0) is 5.41 Å². The summed E-state index contributed by atoms with van der Waals surface area (Å²) in [6.45, 7) is 0.899. The molecule has 3 heteroatoms. The normalized spacial score (nSPS) is 17.3. The second kappa shape index (κ2) is 4.90. The van der Waals surface area contributed by atoms with Crippen LogP contribution in [0.4, 0.5) is 5.82 Å². The van der Waals surface area contributed by atoms with E-state index >= 15 is 0 Å². The fraction of sp³-hybridized carbons (Fsp3) is 0.211. The molecular weight excluding hydrogens is 292 g/mol. The maximum Gasteiger partial charge on any atom is 0.131 e. The molecule has 0 atom stereocenters. The number of hydrogen-bond donors (Lipinski definition) is 1. The Bertz CT molecular complexity index is 822. The van der Waals surface area contributed by atoms with Crippen LogP contribution in [0.5, 0.6) is 0 Å². The average Bonchev–Trinajstić information content (AvgIpc) is 3.17. The van der Waals surface area contributed by atoms with E-state index in [1.807, 2.05) is 30.5 Å². The molecule has 2 aromatic rings. The third-order valence-electron chi connectivity index (χ3n) is 4.66. The zero-order chi connectivity index (χ0) is 15.2. The number of halogens is 1. The minimum absolute atomic E-state index is 0.0686. The summed E-state index contributed by atoms with van der Waals surface area (Å²) in [5, 5.41) is 4.21. The lowest BCUT2D eigenvalue weighted by Crippen LogP contribution is -2.25. The highest BCUT2D eigenvalue weighted by Crippen LogP contribution is 2.49. The van der Waals surface area contributed by atoms with Gasteiger partial charge in [0.2, 0.25) is 0 Å². The average molecular weight is 307 g/mol. The first-order valence-corrected chi connectivity index (χ1v) is 7.76. The summed E-state index contributed by atoms with van der Waals surface area (Å²) >= 11 is 6.79. The van der Waals surface area contributed by atoms with Gasteiger partial charge in [0.1, 0.15) is 5.82 Å². The highest BCUT2D eigenvalue weighted by Gasteiger charge is 2.42. The molecule has 1 spiro atoms. The molecule has 108 valence electrons. The quantitative estimate of drug-likeness (QED) is 0.624. The fourth-order valence-corrected chi connectivity index (χ4v) is 3.92. The fourth-order valence-electron chi connectivity index (χ4n) is 3.48. The summed E-state index contributed by atoms with van der Waals surface area (Å²) < 4.78 is 0. The Morgan fingerprint density at radius 2 is 2.09 bits per heavy atom. The van der Waals surface area contributed by atoms with Crippen molar-refractivity contribution in [2.75, 3.05) is 11.9 Å². The standard InChI is InChI=1S/C19H15ClN2/c1-2-13-6-5-7-14(10-13)15-11-21-18-16(17(15)20)19(12-22-18)8-3-4-9-19/h1,3-7,10-11H,8-9,12H2,(H,21,22). The molecule has 1 N–H and O–H groups in total.